The van der Waals surface area contributed by atoms with E-state index in [2.05, 4.69) is 241 Å². The van der Waals surface area contributed by atoms with Crippen LogP contribution >= 0.6 is 0 Å². The van der Waals surface area contributed by atoms with E-state index in [1.807, 2.05) is 0 Å². The Hall–Kier alpha value is -7.74. The Labute approximate surface area is 356 Å². The van der Waals surface area contributed by atoms with Gasteiger partial charge in [-0.25, -0.2) is 0 Å². The standard InChI is InChI=1S/C60H39N/c1-3-20-41(21-4-1)59(42-22-5-2-6-23-42)52-29-13-12-28-49(52)51-38-43(35-37-56(51)59)61(58-33-17-19-40-18-7-8-24-45(40)58)44-34-36-50-48-27-11-16-32-55(48)60(57(50)39-44)53-30-14-9-25-46(53)47-26-10-15-31-54(47)60/h1-39H. The number of nitrogens with zero attached hydrogens (tertiary/aromatic N) is 1. The molecule has 0 amide bonds. The van der Waals surface area contributed by atoms with Gasteiger partial charge >= 0.3 is 0 Å². The Kier molecular flexibility index (Phi) is 7.21. The maximum absolute atomic E-state index is 2.51. The maximum atomic E-state index is 2.51. The second kappa shape index (κ2) is 12.9. The summed E-state index contributed by atoms with van der Waals surface area (Å²) < 4.78 is 0. The third-order valence-corrected chi connectivity index (χ3v) is 13.9. The van der Waals surface area contributed by atoms with Crippen molar-refractivity contribution in [3.05, 3.63) is 281 Å². The van der Waals surface area contributed by atoms with Gasteiger partial charge in [0.25, 0.3) is 0 Å². The third-order valence-electron chi connectivity index (χ3n) is 13.9. The molecule has 13 rings (SSSR count). The first-order valence-electron chi connectivity index (χ1n) is 21.3. The van der Waals surface area contributed by atoms with Crippen LogP contribution in [-0.2, 0) is 10.8 Å². The Balaban J connectivity index is 1.09. The molecule has 0 bridgehead atoms. The zero-order valence-corrected chi connectivity index (χ0v) is 33.5. The van der Waals surface area contributed by atoms with Gasteiger partial charge in [0.15, 0.2) is 0 Å². The third kappa shape index (κ3) is 4.50. The molecule has 10 aromatic rings. The summed E-state index contributed by atoms with van der Waals surface area (Å²) in [6, 6.07) is 88.4. The molecule has 1 heteroatoms. The van der Waals surface area contributed by atoms with Gasteiger partial charge in [0, 0.05) is 16.8 Å². The molecular formula is C60H39N. The van der Waals surface area contributed by atoms with Crippen LogP contribution in [0.3, 0.4) is 0 Å². The predicted molar refractivity (Wildman–Crippen MR) is 252 cm³/mol. The van der Waals surface area contributed by atoms with Crippen molar-refractivity contribution in [2.75, 3.05) is 4.90 Å². The van der Waals surface area contributed by atoms with Gasteiger partial charge in [-0.1, -0.05) is 206 Å². The fourth-order valence-corrected chi connectivity index (χ4v) is 11.6. The van der Waals surface area contributed by atoms with E-state index in [1.165, 1.54) is 88.7 Å². The molecule has 0 saturated carbocycles. The van der Waals surface area contributed by atoms with Gasteiger partial charge in [-0.15, -0.1) is 0 Å². The maximum Gasteiger partial charge on any atom is 0.0726 e. The number of hydrogen-bond acceptors (Lipinski definition) is 1. The summed E-state index contributed by atoms with van der Waals surface area (Å²) in [7, 11) is 0. The van der Waals surface area contributed by atoms with Crippen LogP contribution in [0, 0.1) is 0 Å². The minimum Gasteiger partial charge on any atom is -0.310 e. The minimum atomic E-state index is -0.466. The quantitative estimate of drug-likeness (QED) is 0.168. The zero-order chi connectivity index (χ0) is 40.1. The molecule has 10 aromatic carbocycles. The average molecular weight is 774 g/mol. The normalized spacial score (nSPS) is 14.2. The molecule has 3 aliphatic carbocycles. The van der Waals surface area contributed by atoms with Crippen molar-refractivity contribution in [1.82, 2.24) is 0 Å². The fourth-order valence-electron chi connectivity index (χ4n) is 11.6. The summed E-state index contributed by atoms with van der Waals surface area (Å²) in [6.45, 7) is 0. The van der Waals surface area contributed by atoms with Crippen LogP contribution in [0.4, 0.5) is 17.1 Å². The van der Waals surface area contributed by atoms with E-state index in [1.54, 1.807) is 0 Å². The SMILES string of the molecule is c1ccc(C2(c3ccccc3)c3ccccc3-c3cc(N(c4ccc5c(c4)C4(c6ccccc6-c6ccccc64)c4ccccc4-5)c4cccc5ccccc45)ccc32)cc1. The molecule has 0 radical (unpaired) electrons. The van der Waals surface area contributed by atoms with Gasteiger partial charge in [-0.05, 0) is 114 Å². The van der Waals surface area contributed by atoms with Crippen LogP contribution in [-0.4, -0.2) is 0 Å². The summed E-state index contributed by atoms with van der Waals surface area (Å²) in [4.78, 5) is 2.51. The van der Waals surface area contributed by atoms with E-state index >= 15 is 0 Å². The Morgan fingerprint density at radius 2 is 0.689 bits per heavy atom. The van der Waals surface area contributed by atoms with Crippen LogP contribution in [0.15, 0.2) is 237 Å². The first-order chi connectivity index (χ1) is 30.3. The average Bonchev–Trinajstić information content (AvgIpc) is 3.92. The predicted octanol–water partition coefficient (Wildman–Crippen LogP) is 15.0. The van der Waals surface area contributed by atoms with E-state index in [4.69, 9.17) is 0 Å². The molecular weight excluding hydrogens is 735 g/mol. The number of rotatable bonds is 5. The van der Waals surface area contributed by atoms with Crippen molar-refractivity contribution >= 4 is 27.8 Å². The minimum absolute atomic E-state index is 0.443. The largest absolute Gasteiger partial charge is 0.310 e. The van der Waals surface area contributed by atoms with Crippen molar-refractivity contribution in [2.24, 2.45) is 0 Å². The van der Waals surface area contributed by atoms with E-state index in [9.17, 15) is 0 Å². The molecule has 3 aliphatic rings. The molecule has 0 aliphatic heterocycles. The number of fused-ring (bicyclic) bond motifs is 14. The van der Waals surface area contributed by atoms with Gasteiger partial charge in [0.05, 0.1) is 16.5 Å². The van der Waals surface area contributed by atoms with E-state index in [0.717, 1.165) is 17.1 Å². The highest BCUT2D eigenvalue weighted by atomic mass is 15.1. The lowest BCUT2D eigenvalue weighted by Crippen LogP contribution is -2.28. The van der Waals surface area contributed by atoms with Gasteiger partial charge < -0.3 is 4.90 Å². The molecule has 0 saturated heterocycles. The molecule has 1 nitrogen and oxygen atoms in total. The Bertz CT molecular complexity index is 3270. The van der Waals surface area contributed by atoms with E-state index in [-0.39, 0.29) is 0 Å². The number of benzene rings is 10. The van der Waals surface area contributed by atoms with Gasteiger partial charge in [0.2, 0.25) is 0 Å². The highest BCUT2D eigenvalue weighted by Crippen LogP contribution is 2.64. The summed E-state index contributed by atoms with van der Waals surface area (Å²) in [5, 5.41) is 2.43. The lowest BCUT2D eigenvalue weighted by atomic mass is 9.68. The molecule has 0 atom stereocenters. The van der Waals surface area contributed by atoms with Crippen molar-refractivity contribution in [3.8, 4) is 33.4 Å². The first kappa shape index (κ1) is 34.2. The number of anilines is 3. The van der Waals surface area contributed by atoms with Crippen molar-refractivity contribution < 1.29 is 0 Å². The molecule has 1 spiro atoms. The van der Waals surface area contributed by atoms with E-state index in [0.29, 0.717) is 0 Å². The van der Waals surface area contributed by atoms with E-state index < -0.39 is 10.8 Å². The zero-order valence-electron chi connectivity index (χ0n) is 33.5. The van der Waals surface area contributed by atoms with Gasteiger partial charge in [-0.3, -0.25) is 0 Å². The van der Waals surface area contributed by atoms with Crippen LogP contribution in [0.2, 0.25) is 0 Å². The van der Waals surface area contributed by atoms with Crippen LogP contribution in [0.25, 0.3) is 44.2 Å². The summed E-state index contributed by atoms with van der Waals surface area (Å²) in [5.41, 5.74) is 20.8. The topological polar surface area (TPSA) is 3.24 Å². The molecule has 0 N–H and O–H groups in total. The summed E-state index contributed by atoms with van der Waals surface area (Å²) >= 11 is 0. The Morgan fingerprint density at radius 3 is 1.30 bits per heavy atom. The fraction of sp³-hybridized carbons (Fsp3) is 0.0333. The second-order valence-electron chi connectivity index (χ2n) is 16.7. The molecule has 0 heterocycles. The van der Waals surface area contributed by atoms with Crippen molar-refractivity contribution in [3.63, 3.8) is 0 Å². The summed E-state index contributed by atoms with van der Waals surface area (Å²) in [6.07, 6.45) is 0. The van der Waals surface area contributed by atoms with Crippen LogP contribution in [0.5, 0.6) is 0 Å². The Morgan fingerprint density at radius 1 is 0.262 bits per heavy atom. The molecule has 0 unspecified atom stereocenters. The van der Waals surface area contributed by atoms with Crippen LogP contribution < -0.4 is 4.90 Å². The van der Waals surface area contributed by atoms with Crippen molar-refractivity contribution in [2.45, 2.75) is 10.8 Å². The first-order valence-corrected chi connectivity index (χ1v) is 21.3. The highest BCUT2D eigenvalue weighted by Gasteiger charge is 2.52. The smallest absolute Gasteiger partial charge is 0.0726 e. The lowest BCUT2D eigenvalue weighted by molar-refractivity contribution is 0.768. The lowest BCUT2D eigenvalue weighted by Gasteiger charge is -2.34. The van der Waals surface area contributed by atoms with Crippen molar-refractivity contribution in [1.29, 1.82) is 0 Å². The highest BCUT2D eigenvalue weighted by molar-refractivity contribution is 6.01. The second-order valence-corrected chi connectivity index (χ2v) is 16.7. The monoisotopic (exact) mass is 773 g/mol. The summed E-state index contributed by atoms with van der Waals surface area (Å²) in [5.74, 6) is 0. The van der Waals surface area contributed by atoms with Gasteiger partial charge in [-0.2, -0.15) is 0 Å². The molecule has 284 valence electrons. The van der Waals surface area contributed by atoms with Crippen LogP contribution in [0.1, 0.15) is 44.5 Å². The molecule has 0 fully saturated rings. The number of hydrogen-bond donors (Lipinski definition) is 0. The van der Waals surface area contributed by atoms with Gasteiger partial charge in [0.1, 0.15) is 0 Å². The molecule has 61 heavy (non-hydrogen) atoms. The molecule has 0 aromatic heterocycles.